The SMILES string of the molecule is COc1ccc(Cn2c(SCc3ccccc3)nc3ccccc32)cc1[N+](=O)[O-]. The van der Waals surface area contributed by atoms with E-state index in [0.29, 0.717) is 6.54 Å². The lowest BCUT2D eigenvalue weighted by atomic mass is 10.2. The quantitative estimate of drug-likeness (QED) is 0.237. The fraction of sp³-hybridized carbons (Fsp3) is 0.136. The Morgan fingerprint density at radius 3 is 2.55 bits per heavy atom. The second-order valence-corrected chi connectivity index (χ2v) is 7.45. The standard InChI is InChI=1S/C22H19N3O3S/c1-28-21-12-11-17(13-20(21)25(26)27)14-24-19-10-6-5-9-18(19)23-22(24)29-15-16-7-3-2-4-8-16/h2-13H,14-15H2,1H3. The Morgan fingerprint density at radius 1 is 1.03 bits per heavy atom. The summed E-state index contributed by atoms with van der Waals surface area (Å²) in [6, 6.07) is 23.2. The van der Waals surface area contributed by atoms with Crippen molar-refractivity contribution >= 4 is 28.5 Å². The fourth-order valence-corrected chi connectivity index (χ4v) is 4.17. The van der Waals surface area contributed by atoms with E-state index in [1.54, 1.807) is 23.9 Å². The molecule has 0 radical (unpaired) electrons. The van der Waals surface area contributed by atoms with E-state index in [1.807, 2.05) is 48.5 Å². The summed E-state index contributed by atoms with van der Waals surface area (Å²) in [5.41, 5.74) is 3.92. The first-order chi connectivity index (χ1) is 14.2. The van der Waals surface area contributed by atoms with Crippen LogP contribution in [0.3, 0.4) is 0 Å². The van der Waals surface area contributed by atoms with Crippen molar-refractivity contribution in [2.45, 2.75) is 17.5 Å². The van der Waals surface area contributed by atoms with Crippen LogP contribution in [0.5, 0.6) is 5.75 Å². The first-order valence-corrected chi connectivity index (χ1v) is 10.1. The molecule has 0 spiro atoms. The van der Waals surface area contributed by atoms with Gasteiger partial charge in [0, 0.05) is 11.8 Å². The third-order valence-corrected chi connectivity index (χ3v) is 5.66. The molecule has 0 aliphatic carbocycles. The Morgan fingerprint density at radius 2 is 1.79 bits per heavy atom. The summed E-state index contributed by atoms with van der Waals surface area (Å²) < 4.78 is 7.22. The summed E-state index contributed by atoms with van der Waals surface area (Å²) >= 11 is 1.66. The van der Waals surface area contributed by atoms with Crippen LogP contribution in [0, 0.1) is 10.1 Å². The van der Waals surface area contributed by atoms with Crippen molar-refractivity contribution in [3.05, 3.63) is 94.0 Å². The lowest BCUT2D eigenvalue weighted by Crippen LogP contribution is -2.03. The first-order valence-electron chi connectivity index (χ1n) is 9.09. The third-order valence-electron chi connectivity index (χ3n) is 4.61. The summed E-state index contributed by atoms with van der Waals surface area (Å²) in [5, 5.41) is 12.3. The molecule has 4 rings (SSSR count). The molecule has 0 N–H and O–H groups in total. The smallest absolute Gasteiger partial charge is 0.311 e. The van der Waals surface area contributed by atoms with Crippen molar-refractivity contribution < 1.29 is 9.66 Å². The van der Waals surface area contributed by atoms with Gasteiger partial charge in [-0.05, 0) is 29.3 Å². The van der Waals surface area contributed by atoms with Crippen LogP contribution in [0.1, 0.15) is 11.1 Å². The number of nitrogens with zero attached hydrogens (tertiary/aromatic N) is 3. The van der Waals surface area contributed by atoms with Crippen LogP contribution >= 0.6 is 11.8 Å². The van der Waals surface area contributed by atoms with Crippen molar-refractivity contribution in [2.75, 3.05) is 7.11 Å². The van der Waals surface area contributed by atoms with Gasteiger partial charge in [-0.3, -0.25) is 10.1 Å². The van der Waals surface area contributed by atoms with E-state index in [0.717, 1.165) is 27.5 Å². The van der Waals surface area contributed by atoms with Crippen LogP contribution in [0.25, 0.3) is 11.0 Å². The van der Waals surface area contributed by atoms with Gasteiger partial charge in [-0.1, -0.05) is 60.3 Å². The molecule has 29 heavy (non-hydrogen) atoms. The summed E-state index contributed by atoms with van der Waals surface area (Å²) in [4.78, 5) is 15.7. The van der Waals surface area contributed by atoms with Gasteiger partial charge >= 0.3 is 5.69 Å². The maximum absolute atomic E-state index is 11.4. The van der Waals surface area contributed by atoms with E-state index in [4.69, 9.17) is 9.72 Å². The van der Waals surface area contributed by atoms with Gasteiger partial charge in [-0.2, -0.15) is 0 Å². The Labute approximate surface area is 172 Å². The van der Waals surface area contributed by atoms with Crippen LogP contribution in [-0.4, -0.2) is 21.6 Å². The van der Waals surface area contributed by atoms with Gasteiger partial charge in [0.1, 0.15) is 0 Å². The molecule has 146 valence electrons. The van der Waals surface area contributed by atoms with Gasteiger partial charge in [0.15, 0.2) is 10.9 Å². The number of hydrogen-bond donors (Lipinski definition) is 0. The monoisotopic (exact) mass is 405 g/mol. The number of para-hydroxylation sites is 2. The molecule has 0 saturated heterocycles. The minimum atomic E-state index is -0.417. The third kappa shape index (κ3) is 4.09. The van der Waals surface area contributed by atoms with E-state index < -0.39 is 4.92 Å². The summed E-state index contributed by atoms with van der Waals surface area (Å²) in [7, 11) is 1.43. The normalized spacial score (nSPS) is 10.9. The molecule has 6 nitrogen and oxygen atoms in total. The van der Waals surface area contributed by atoms with Gasteiger partial charge in [0.2, 0.25) is 0 Å². The molecule has 0 bridgehead atoms. The molecular weight excluding hydrogens is 386 g/mol. The van der Waals surface area contributed by atoms with Crippen molar-refractivity contribution in [3.8, 4) is 5.75 Å². The zero-order chi connectivity index (χ0) is 20.2. The van der Waals surface area contributed by atoms with Crippen LogP contribution in [0.2, 0.25) is 0 Å². The second kappa shape index (κ2) is 8.36. The van der Waals surface area contributed by atoms with Gasteiger partial charge in [-0.15, -0.1) is 0 Å². The molecular formula is C22H19N3O3S. The molecule has 1 aromatic heterocycles. The summed E-state index contributed by atoms with van der Waals surface area (Å²) in [6.07, 6.45) is 0. The highest BCUT2D eigenvalue weighted by Crippen LogP contribution is 2.31. The average Bonchev–Trinajstić information content (AvgIpc) is 3.10. The summed E-state index contributed by atoms with van der Waals surface area (Å²) in [6.45, 7) is 0.489. The van der Waals surface area contributed by atoms with E-state index >= 15 is 0 Å². The maximum Gasteiger partial charge on any atom is 0.311 e. The van der Waals surface area contributed by atoms with Crippen LogP contribution in [-0.2, 0) is 12.3 Å². The number of nitro benzene ring substituents is 1. The lowest BCUT2D eigenvalue weighted by Gasteiger charge is -2.10. The highest BCUT2D eigenvalue weighted by Gasteiger charge is 2.17. The van der Waals surface area contributed by atoms with Crippen molar-refractivity contribution in [2.24, 2.45) is 0 Å². The molecule has 0 aliphatic rings. The van der Waals surface area contributed by atoms with E-state index in [1.165, 1.54) is 12.7 Å². The van der Waals surface area contributed by atoms with Gasteiger partial charge < -0.3 is 9.30 Å². The molecule has 1 heterocycles. The number of rotatable bonds is 7. The Balaban J connectivity index is 1.69. The topological polar surface area (TPSA) is 70.2 Å². The second-order valence-electron chi connectivity index (χ2n) is 6.51. The molecule has 4 aromatic rings. The molecule has 0 atom stereocenters. The number of fused-ring (bicyclic) bond motifs is 1. The average molecular weight is 405 g/mol. The van der Waals surface area contributed by atoms with E-state index in [9.17, 15) is 10.1 Å². The molecule has 0 unspecified atom stereocenters. The van der Waals surface area contributed by atoms with Gasteiger partial charge in [-0.25, -0.2) is 4.98 Å². The fourth-order valence-electron chi connectivity index (χ4n) is 3.20. The Hall–Kier alpha value is -3.32. The number of ether oxygens (including phenoxy) is 1. The molecule has 0 amide bonds. The number of methoxy groups -OCH3 is 1. The predicted octanol–water partition coefficient (Wildman–Crippen LogP) is 5.29. The molecule has 7 heteroatoms. The number of imidazole rings is 1. The minimum Gasteiger partial charge on any atom is -0.490 e. The van der Waals surface area contributed by atoms with E-state index in [-0.39, 0.29) is 11.4 Å². The molecule has 0 saturated carbocycles. The number of aromatic nitrogens is 2. The van der Waals surface area contributed by atoms with Gasteiger partial charge in [0.25, 0.3) is 0 Å². The first kappa shape index (κ1) is 19.0. The van der Waals surface area contributed by atoms with Crippen molar-refractivity contribution in [1.82, 2.24) is 9.55 Å². The number of thioether (sulfide) groups is 1. The maximum atomic E-state index is 11.4. The number of hydrogen-bond acceptors (Lipinski definition) is 5. The zero-order valence-electron chi connectivity index (χ0n) is 15.8. The molecule has 0 fully saturated rings. The van der Waals surface area contributed by atoms with Crippen molar-refractivity contribution in [1.29, 1.82) is 0 Å². The minimum absolute atomic E-state index is 0.0343. The number of benzene rings is 3. The Kier molecular flexibility index (Phi) is 5.48. The van der Waals surface area contributed by atoms with Crippen LogP contribution in [0.15, 0.2) is 78.0 Å². The Bertz CT molecular complexity index is 1160. The van der Waals surface area contributed by atoms with Gasteiger partial charge in [0.05, 0.1) is 29.6 Å². The highest BCUT2D eigenvalue weighted by atomic mass is 32.2. The van der Waals surface area contributed by atoms with E-state index in [2.05, 4.69) is 16.7 Å². The molecule has 0 aliphatic heterocycles. The van der Waals surface area contributed by atoms with Crippen molar-refractivity contribution in [3.63, 3.8) is 0 Å². The lowest BCUT2D eigenvalue weighted by molar-refractivity contribution is -0.385. The van der Waals surface area contributed by atoms with Crippen LogP contribution < -0.4 is 4.74 Å². The largest absolute Gasteiger partial charge is 0.490 e. The zero-order valence-corrected chi connectivity index (χ0v) is 16.6. The highest BCUT2D eigenvalue weighted by molar-refractivity contribution is 7.98. The van der Waals surface area contributed by atoms with Crippen LogP contribution in [0.4, 0.5) is 5.69 Å². The predicted molar refractivity (Wildman–Crippen MR) is 114 cm³/mol. The molecule has 3 aromatic carbocycles. The number of nitro groups is 1. The summed E-state index contributed by atoms with van der Waals surface area (Å²) in [5.74, 6) is 1.06.